The summed E-state index contributed by atoms with van der Waals surface area (Å²) in [5.74, 6) is -0.454. The van der Waals surface area contributed by atoms with Gasteiger partial charge in [-0.05, 0) is 44.0 Å². The Bertz CT molecular complexity index is 671. The van der Waals surface area contributed by atoms with Gasteiger partial charge in [-0.15, -0.1) is 0 Å². The third kappa shape index (κ3) is 4.72. The number of hydrogen-bond donors (Lipinski definition) is 2. The fourth-order valence-corrected chi connectivity index (χ4v) is 3.36. The summed E-state index contributed by atoms with van der Waals surface area (Å²) in [6, 6.07) is 4.77. The number of alkyl halides is 2. The number of piperidine rings is 1. The minimum atomic E-state index is -2.90. The molecule has 7 nitrogen and oxygen atoms in total. The van der Waals surface area contributed by atoms with Crippen LogP contribution < -0.4 is 20.3 Å². The van der Waals surface area contributed by atoms with E-state index in [4.69, 9.17) is 4.74 Å². The molecule has 1 unspecified atom stereocenters. The lowest BCUT2D eigenvalue weighted by Crippen LogP contribution is -2.60. The zero-order chi connectivity index (χ0) is 19.4. The van der Waals surface area contributed by atoms with E-state index < -0.39 is 18.7 Å². The van der Waals surface area contributed by atoms with Gasteiger partial charge < -0.3 is 25.0 Å². The van der Waals surface area contributed by atoms with E-state index in [0.717, 1.165) is 6.42 Å². The number of morpholine rings is 1. The highest BCUT2D eigenvalue weighted by Crippen LogP contribution is 2.24. The molecule has 0 spiro atoms. The second kappa shape index (κ2) is 8.62. The molecule has 0 radical (unpaired) electrons. The van der Waals surface area contributed by atoms with E-state index in [1.54, 1.807) is 17.0 Å². The van der Waals surface area contributed by atoms with E-state index in [1.165, 1.54) is 12.1 Å². The predicted molar refractivity (Wildman–Crippen MR) is 93.8 cm³/mol. The summed E-state index contributed by atoms with van der Waals surface area (Å²) in [5.41, 5.74) is 0.577. The molecule has 2 aliphatic heterocycles. The van der Waals surface area contributed by atoms with E-state index in [2.05, 4.69) is 15.4 Å². The van der Waals surface area contributed by atoms with Crippen LogP contribution in [0.2, 0.25) is 0 Å². The van der Waals surface area contributed by atoms with Gasteiger partial charge in [-0.2, -0.15) is 8.78 Å². The van der Waals surface area contributed by atoms with Gasteiger partial charge in [0.15, 0.2) is 0 Å². The van der Waals surface area contributed by atoms with Crippen LogP contribution in [0.3, 0.4) is 0 Å². The number of ether oxygens (including phenoxy) is 2. The molecule has 2 heterocycles. The Balaban J connectivity index is 1.64. The average molecular weight is 383 g/mol. The molecule has 2 saturated heterocycles. The summed E-state index contributed by atoms with van der Waals surface area (Å²) in [6.45, 7) is 0.550. The van der Waals surface area contributed by atoms with Crippen LogP contribution >= 0.6 is 0 Å². The third-order valence-electron chi connectivity index (χ3n) is 4.73. The summed E-state index contributed by atoms with van der Waals surface area (Å²) < 4.78 is 34.3. The van der Waals surface area contributed by atoms with Gasteiger partial charge in [0.25, 0.3) is 0 Å². The fourth-order valence-electron chi connectivity index (χ4n) is 3.36. The van der Waals surface area contributed by atoms with Gasteiger partial charge in [-0.1, -0.05) is 0 Å². The summed E-state index contributed by atoms with van der Waals surface area (Å²) in [5, 5.41) is 5.91. The molecule has 2 aliphatic rings. The van der Waals surface area contributed by atoms with Gasteiger partial charge in [0.1, 0.15) is 17.8 Å². The number of halogens is 2. The first-order chi connectivity index (χ1) is 13.0. The van der Waals surface area contributed by atoms with Crippen LogP contribution in [0.25, 0.3) is 0 Å². The summed E-state index contributed by atoms with van der Waals surface area (Å²) in [4.78, 5) is 26.8. The van der Waals surface area contributed by atoms with Crippen molar-refractivity contribution in [2.75, 3.05) is 24.6 Å². The van der Waals surface area contributed by atoms with Crippen LogP contribution in [0.15, 0.2) is 24.3 Å². The maximum atomic E-state index is 12.8. The predicted octanol–water partition coefficient (Wildman–Crippen LogP) is 1.28. The highest BCUT2D eigenvalue weighted by Gasteiger charge is 2.35. The minimum Gasteiger partial charge on any atom is -0.435 e. The molecule has 3 rings (SSSR count). The number of carbonyl (C=O) groups is 2. The van der Waals surface area contributed by atoms with E-state index in [-0.39, 0.29) is 23.7 Å². The van der Waals surface area contributed by atoms with Crippen LogP contribution in [0, 0.1) is 0 Å². The van der Waals surface area contributed by atoms with Crippen molar-refractivity contribution in [2.24, 2.45) is 0 Å². The second-order valence-corrected chi connectivity index (χ2v) is 6.57. The lowest BCUT2D eigenvalue weighted by atomic mass is 10.0. The van der Waals surface area contributed by atoms with Crippen molar-refractivity contribution >= 4 is 17.5 Å². The molecule has 0 saturated carbocycles. The lowest BCUT2D eigenvalue weighted by molar-refractivity contribution is -0.133. The SMILES string of the molecule is C[C@H]1OCCN[C@@H]1C(=O)NC1CCCN(c2ccc(OC(F)F)cc2)C1=O. The Morgan fingerprint density at radius 3 is 2.78 bits per heavy atom. The Kier molecular flexibility index (Phi) is 6.22. The Morgan fingerprint density at radius 1 is 1.37 bits per heavy atom. The quantitative estimate of drug-likeness (QED) is 0.801. The molecule has 1 aromatic rings. The van der Waals surface area contributed by atoms with E-state index in [9.17, 15) is 18.4 Å². The largest absolute Gasteiger partial charge is 0.435 e. The van der Waals surface area contributed by atoms with Crippen LogP contribution in [0.5, 0.6) is 5.75 Å². The van der Waals surface area contributed by atoms with Crippen molar-refractivity contribution in [3.63, 3.8) is 0 Å². The van der Waals surface area contributed by atoms with Crippen LogP contribution in [0.4, 0.5) is 14.5 Å². The first kappa shape index (κ1) is 19.5. The third-order valence-corrected chi connectivity index (χ3v) is 4.73. The normalized spacial score (nSPS) is 26.1. The van der Waals surface area contributed by atoms with Gasteiger partial charge in [0.2, 0.25) is 11.8 Å². The molecule has 0 aliphatic carbocycles. The number of nitrogens with zero attached hydrogens (tertiary/aromatic N) is 1. The van der Waals surface area contributed by atoms with Crippen LogP contribution in [0.1, 0.15) is 19.8 Å². The standard InChI is InChI=1S/C18H23F2N3O4/c1-11-15(21-8-10-26-11)16(24)22-14-3-2-9-23(17(14)25)12-4-6-13(7-5-12)27-18(19)20/h4-7,11,14-15,18,21H,2-3,8-10H2,1H3,(H,22,24)/t11-,14?,15+/m1/s1. The molecule has 0 aromatic heterocycles. The fraction of sp³-hybridized carbons (Fsp3) is 0.556. The number of benzene rings is 1. The van der Waals surface area contributed by atoms with Crippen molar-refractivity contribution < 1.29 is 27.8 Å². The monoisotopic (exact) mass is 383 g/mol. The molecule has 2 N–H and O–H groups in total. The van der Waals surface area contributed by atoms with Crippen molar-refractivity contribution in [1.82, 2.24) is 10.6 Å². The molecule has 0 bridgehead atoms. The second-order valence-electron chi connectivity index (χ2n) is 6.57. The molecular weight excluding hydrogens is 360 g/mol. The highest BCUT2D eigenvalue weighted by atomic mass is 19.3. The Labute approximate surface area is 156 Å². The molecule has 27 heavy (non-hydrogen) atoms. The maximum Gasteiger partial charge on any atom is 0.387 e. The minimum absolute atomic E-state index is 0.0282. The number of rotatable bonds is 5. The van der Waals surface area contributed by atoms with Gasteiger partial charge in [0.05, 0.1) is 12.7 Å². The van der Waals surface area contributed by atoms with Gasteiger partial charge in [0, 0.05) is 18.8 Å². The zero-order valence-electron chi connectivity index (χ0n) is 15.0. The molecular formula is C18H23F2N3O4. The van der Waals surface area contributed by atoms with E-state index in [0.29, 0.717) is 31.8 Å². The number of hydrogen-bond acceptors (Lipinski definition) is 5. The smallest absolute Gasteiger partial charge is 0.387 e. The molecule has 2 amide bonds. The highest BCUT2D eigenvalue weighted by molar-refractivity contribution is 6.00. The summed E-state index contributed by atoms with van der Waals surface area (Å²) in [6.07, 6.45) is 1.00. The number of carbonyl (C=O) groups excluding carboxylic acids is 2. The molecule has 2 fully saturated rings. The Hall–Kier alpha value is -2.26. The molecule has 3 atom stereocenters. The first-order valence-corrected chi connectivity index (χ1v) is 8.97. The molecule has 9 heteroatoms. The number of anilines is 1. The van der Waals surface area contributed by atoms with E-state index >= 15 is 0 Å². The van der Waals surface area contributed by atoms with Gasteiger partial charge >= 0.3 is 6.61 Å². The van der Waals surface area contributed by atoms with Crippen LogP contribution in [-0.2, 0) is 14.3 Å². The Morgan fingerprint density at radius 2 is 2.11 bits per heavy atom. The average Bonchev–Trinajstić information content (AvgIpc) is 2.64. The topological polar surface area (TPSA) is 79.9 Å². The first-order valence-electron chi connectivity index (χ1n) is 8.97. The summed E-state index contributed by atoms with van der Waals surface area (Å²) in [7, 11) is 0. The van der Waals surface area contributed by atoms with Crippen molar-refractivity contribution in [3.05, 3.63) is 24.3 Å². The zero-order valence-corrected chi connectivity index (χ0v) is 15.0. The lowest BCUT2D eigenvalue weighted by Gasteiger charge is -2.35. The van der Waals surface area contributed by atoms with E-state index in [1.807, 2.05) is 6.92 Å². The number of nitrogens with one attached hydrogen (secondary N) is 2. The molecule has 148 valence electrons. The van der Waals surface area contributed by atoms with Gasteiger partial charge in [-0.3, -0.25) is 9.59 Å². The summed E-state index contributed by atoms with van der Waals surface area (Å²) >= 11 is 0. The van der Waals surface area contributed by atoms with Crippen molar-refractivity contribution in [1.29, 1.82) is 0 Å². The van der Waals surface area contributed by atoms with Crippen LogP contribution in [-0.4, -0.2) is 56.3 Å². The molecule has 1 aromatic carbocycles. The van der Waals surface area contributed by atoms with Gasteiger partial charge in [-0.25, -0.2) is 0 Å². The van der Waals surface area contributed by atoms with Crippen molar-refractivity contribution in [3.8, 4) is 5.75 Å². The maximum absolute atomic E-state index is 12.8. The van der Waals surface area contributed by atoms with Crippen molar-refractivity contribution in [2.45, 2.75) is 44.6 Å². The number of amides is 2.